The minimum absolute atomic E-state index is 0.130. The predicted octanol–water partition coefficient (Wildman–Crippen LogP) is 2.35. The van der Waals surface area contributed by atoms with Gasteiger partial charge in [-0.05, 0) is 6.07 Å². The lowest BCUT2D eigenvalue weighted by molar-refractivity contribution is -0.385. The van der Waals surface area contributed by atoms with Gasteiger partial charge in [-0.1, -0.05) is 15.9 Å². The molecule has 1 heterocycles. The van der Waals surface area contributed by atoms with E-state index in [0.717, 1.165) is 0 Å². The maximum Gasteiger partial charge on any atom is 0.271 e. The normalized spacial score (nSPS) is 10.3. The summed E-state index contributed by atoms with van der Waals surface area (Å²) in [6, 6.07) is 4.16. The Bertz CT molecular complexity index is 642. The lowest BCUT2D eigenvalue weighted by atomic mass is 10.2. The van der Waals surface area contributed by atoms with Gasteiger partial charge in [0.1, 0.15) is 5.82 Å². The molecule has 1 amide bonds. The largest absolute Gasteiger partial charge is 0.347 e. The van der Waals surface area contributed by atoms with Crippen molar-refractivity contribution in [3.63, 3.8) is 0 Å². The molecule has 0 bridgehead atoms. The second kappa shape index (κ2) is 5.83. The van der Waals surface area contributed by atoms with Crippen molar-refractivity contribution in [1.82, 2.24) is 14.9 Å². The predicted molar refractivity (Wildman–Crippen MR) is 75.2 cm³/mol. The van der Waals surface area contributed by atoms with Crippen molar-refractivity contribution >= 4 is 27.5 Å². The first-order valence-corrected chi connectivity index (χ1v) is 6.45. The molecule has 7 nitrogen and oxygen atoms in total. The van der Waals surface area contributed by atoms with Crippen molar-refractivity contribution in [1.29, 1.82) is 0 Å². The van der Waals surface area contributed by atoms with Crippen molar-refractivity contribution < 1.29 is 9.72 Å². The number of nitrogens with zero attached hydrogens (tertiary/aromatic N) is 3. The highest BCUT2D eigenvalue weighted by atomic mass is 79.9. The van der Waals surface area contributed by atoms with E-state index in [4.69, 9.17) is 0 Å². The van der Waals surface area contributed by atoms with Crippen molar-refractivity contribution in [2.45, 2.75) is 6.54 Å². The Morgan fingerprint density at radius 1 is 1.50 bits per heavy atom. The molecule has 0 spiro atoms. The molecule has 0 atom stereocenters. The summed E-state index contributed by atoms with van der Waals surface area (Å²) in [6.07, 6.45) is 3.26. The molecule has 2 rings (SSSR count). The Morgan fingerprint density at radius 2 is 2.25 bits per heavy atom. The molecule has 0 radical (unpaired) electrons. The summed E-state index contributed by atoms with van der Waals surface area (Å²) in [5.74, 6) is 0.330. The number of nitro groups is 1. The van der Waals surface area contributed by atoms with Crippen LogP contribution in [-0.2, 0) is 6.54 Å². The first-order chi connectivity index (χ1) is 9.47. The number of rotatable bonds is 4. The molecule has 1 N–H and O–H groups in total. The van der Waals surface area contributed by atoms with Crippen LogP contribution in [0.1, 0.15) is 16.2 Å². The fraction of sp³-hybridized carbons (Fsp3) is 0.167. The SMILES string of the molecule is CN(Cc1ncc[nH]1)C(=O)c1cc(Br)cc([N+](=O)[O-])c1. The van der Waals surface area contributed by atoms with E-state index in [0.29, 0.717) is 16.8 Å². The van der Waals surface area contributed by atoms with Gasteiger partial charge in [0.25, 0.3) is 11.6 Å². The maximum absolute atomic E-state index is 12.2. The molecule has 20 heavy (non-hydrogen) atoms. The summed E-state index contributed by atoms with van der Waals surface area (Å²) < 4.78 is 0.487. The summed E-state index contributed by atoms with van der Waals surface area (Å²) in [5, 5.41) is 10.8. The summed E-state index contributed by atoms with van der Waals surface area (Å²) in [6.45, 7) is 0.298. The van der Waals surface area contributed by atoms with Crippen molar-refractivity contribution in [2.75, 3.05) is 7.05 Å². The molecule has 0 unspecified atom stereocenters. The topological polar surface area (TPSA) is 92.1 Å². The van der Waals surface area contributed by atoms with Gasteiger partial charge < -0.3 is 9.88 Å². The van der Waals surface area contributed by atoms with Crippen LogP contribution in [-0.4, -0.2) is 32.7 Å². The number of benzene rings is 1. The molecule has 0 aliphatic heterocycles. The number of nitro benzene ring substituents is 1. The number of aromatic nitrogens is 2. The fourth-order valence-corrected chi connectivity index (χ4v) is 2.19. The Morgan fingerprint density at radius 3 is 2.85 bits per heavy atom. The van der Waals surface area contributed by atoms with E-state index in [9.17, 15) is 14.9 Å². The molecule has 1 aromatic carbocycles. The van der Waals surface area contributed by atoms with Gasteiger partial charge in [0.05, 0.1) is 11.5 Å². The Balaban J connectivity index is 2.22. The van der Waals surface area contributed by atoms with Crippen LogP contribution < -0.4 is 0 Å². The second-order valence-corrected chi connectivity index (χ2v) is 5.07. The molecular formula is C12H11BrN4O3. The minimum Gasteiger partial charge on any atom is -0.347 e. The number of halogens is 1. The van der Waals surface area contributed by atoms with Crippen LogP contribution in [0.2, 0.25) is 0 Å². The number of hydrogen-bond acceptors (Lipinski definition) is 4. The van der Waals surface area contributed by atoms with Crippen LogP contribution in [0.4, 0.5) is 5.69 Å². The van der Waals surface area contributed by atoms with Gasteiger partial charge in [-0.25, -0.2) is 4.98 Å². The van der Waals surface area contributed by atoms with E-state index in [1.807, 2.05) is 0 Å². The third-order valence-corrected chi connectivity index (χ3v) is 3.09. The average molecular weight is 339 g/mol. The molecular weight excluding hydrogens is 328 g/mol. The van der Waals surface area contributed by atoms with Crippen LogP contribution in [0.3, 0.4) is 0 Å². The quantitative estimate of drug-likeness (QED) is 0.684. The van der Waals surface area contributed by atoms with Crippen LogP contribution in [0.25, 0.3) is 0 Å². The summed E-state index contributed by atoms with van der Waals surface area (Å²) >= 11 is 3.17. The van der Waals surface area contributed by atoms with Crippen molar-refractivity contribution in [3.05, 3.63) is 56.6 Å². The first-order valence-electron chi connectivity index (χ1n) is 5.66. The molecule has 0 fully saturated rings. The number of carbonyl (C=O) groups is 1. The number of aromatic amines is 1. The molecule has 8 heteroatoms. The highest BCUT2D eigenvalue weighted by Crippen LogP contribution is 2.22. The van der Waals surface area contributed by atoms with E-state index >= 15 is 0 Å². The Labute approximate surface area is 122 Å². The molecule has 0 aliphatic carbocycles. The number of nitrogens with one attached hydrogen (secondary N) is 1. The number of non-ortho nitro benzene ring substituents is 1. The number of carbonyl (C=O) groups excluding carboxylic acids is 1. The van der Waals surface area contributed by atoms with Crippen LogP contribution in [0.15, 0.2) is 35.1 Å². The van der Waals surface area contributed by atoms with Crippen molar-refractivity contribution in [2.24, 2.45) is 0 Å². The molecule has 0 aliphatic rings. The summed E-state index contributed by atoms with van der Waals surface area (Å²) in [4.78, 5) is 30.9. The lowest BCUT2D eigenvalue weighted by Gasteiger charge is -2.15. The molecule has 0 saturated carbocycles. The molecule has 0 saturated heterocycles. The van der Waals surface area contributed by atoms with Crippen LogP contribution in [0.5, 0.6) is 0 Å². The third-order valence-electron chi connectivity index (χ3n) is 2.63. The Kier molecular flexibility index (Phi) is 4.14. The summed E-state index contributed by atoms with van der Waals surface area (Å²) in [7, 11) is 1.61. The monoisotopic (exact) mass is 338 g/mol. The first kappa shape index (κ1) is 14.2. The molecule has 1 aromatic heterocycles. The number of hydrogen-bond donors (Lipinski definition) is 1. The number of H-pyrrole nitrogens is 1. The molecule has 104 valence electrons. The van der Waals surface area contributed by atoms with Gasteiger partial charge in [0.15, 0.2) is 0 Å². The van der Waals surface area contributed by atoms with Crippen molar-refractivity contribution in [3.8, 4) is 0 Å². The smallest absolute Gasteiger partial charge is 0.271 e. The highest BCUT2D eigenvalue weighted by Gasteiger charge is 2.17. The van der Waals surface area contributed by atoms with Crippen LogP contribution in [0, 0.1) is 10.1 Å². The van der Waals surface area contributed by atoms with E-state index < -0.39 is 4.92 Å². The van der Waals surface area contributed by atoms with Gasteiger partial charge in [0.2, 0.25) is 0 Å². The third kappa shape index (κ3) is 3.21. The van der Waals surface area contributed by atoms with E-state index in [1.165, 1.54) is 17.0 Å². The minimum atomic E-state index is -0.534. The van der Waals surface area contributed by atoms with E-state index in [1.54, 1.807) is 25.5 Å². The zero-order valence-corrected chi connectivity index (χ0v) is 12.1. The zero-order valence-electron chi connectivity index (χ0n) is 10.5. The zero-order chi connectivity index (χ0) is 14.7. The maximum atomic E-state index is 12.2. The second-order valence-electron chi connectivity index (χ2n) is 4.15. The average Bonchev–Trinajstić information content (AvgIpc) is 2.89. The summed E-state index contributed by atoms with van der Waals surface area (Å²) in [5.41, 5.74) is 0.120. The van der Waals surface area contributed by atoms with Crippen LogP contribution >= 0.6 is 15.9 Å². The fourth-order valence-electron chi connectivity index (χ4n) is 1.70. The van der Waals surface area contributed by atoms with E-state index in [-0.39, 0.29) is 17.2 Å². The Hall–Kier alpha value is -2.22. The number of amides is 1. The lowest BCUT2D eigenvalue weighted by Crippen LogP contribution is -2.26. The van der Waals surface area contributed by atoms with Gasteiger partial charge in [0, 0.05) is 41.6 Å². The van der Waals surface area contributed by atoms with Gasteiger partial charge in [-0.15, -0.1) is 0 Å². The highest BCUT2D eigenvalue weighted by molar-refractivity contribution is 9.10. The number of imidazole rings is 1. The standard InChI is InChI=1S/C12H11BrN4O3/c1-16(7-11-14-2-3-15-11)12(18)8-4-9(13)6-10(5-8)17(19)20/h2-6H,7H2,1H3,(H,14,15). The van der Waals surface area contributed by atoms with E-state index in [2.05, 4.69) is 25.9 Å². The van der Waals surface area contributed by atoms with Gasteiger partial charge >= 0.3 is 0 Å². The van der Waals surface area contributed by atoms with Gasteiger partial charge in [-0.2, -0.15) is 0 Å². The molecule has 2 aromatic rings. The van der Waals surface area contributed by atoms with Gasteiger partial charge in [-0.3, -0.25) is 14.9 Å².